The summed E-state index contributed by atoms with van der Waals surface area (Å²) in [5, 5.41) is 2.93. The Balaban J connectivity index is 1.93. The van der Waals surface area contributed by atoms with Crippen LogP contribution in [0, 0.1) is 6.92 Å². The number of benzene rings is 1. The highest BCUT2D eigenvalue weighted by molar-refractivity contribution is 7.09. The van der Waals surface area contributed by atoms with Crippen LogP contribution in [0.5, 0.6) is 0 Å². The molecule has 0 saturated heterocycles. The summed E-state index contributed by atoms with van der Waals surface area (Å²) < 4.78 is 5.32. The van der Waals surface area contributed by atoms with E-state index in [-0.39, 0.29) is 0 Å². The fraction of sp³-hybridized carbons (Fsp3) is 0.368. The van der Waals surface area contributed by atoms with Crippen molar-refractivity contribution in [1.29, 1.82) is 0 Å². The van der Waals surface area contributed by atoms with E-state index in [0.29, 0.717) is 13.0 Å². The van der Waals surface area contributed by atoms with Crippen molar-refractivity contribution in [2.75, 3.05) is 6.61 Å². The first-order valence-corrected chi connectivity index (χ1v) is 8.78. The van der Waals surface area contributed by atoms with Gasteiger partial charge >= 0.3 is 6.09 Å². The van der Waals surface area contributed by atoms with Crippen LogP contribution in [0.2, 0.25) is 0 Å². The van der Waals surface area contributed by atoms with Gasteiger partial charge in [0.25, 0.3) is 0 Å². The molecule has 0 aliphatic rings. The minimum atomic E-state index is -0.525. The predicted octanol–water partition coefficient (Wildman–Crippen LogP) is 4.69. The lowest BCUT2D eigenvalue weighted by Crippen LogP contribution is -2.41. The summed E-state index contributed by atoms with van der Waals surface area (Å²) in [6, 6.07) is 8.02. The molecule has 0 aliphatic carbocycles. The number of amides is 1. The Morgan fingerprint density at radius 3 is 2.79 bits per heavy atom. The lowest BCUT2D eigenvalue weighted by atomic mass is 9.92. The lowest BCUT2D eigenvalue weighted by molar-refractivity contribution is 0.137. The predicted molar refractivity (Wildman–Crippen MR) is 99.2 cm³/mol. The van der Waals surface area contributed by atoms with Gasteiger partial charge in [-0.05, 0) is 44.9 Å². The van der Waals surface area contributed by atoms with Crippen LogP contribution < -0.4 is 5.32 Å². The molecule has 24 heavy (non-hydrogen) atoms. The smallest absolute Gasteiger partial charge is 0.407 e. The average molecular weight is 344 g/mol. The molecule has 0 radical (unpaired) electrons. The molecule has 0 bridgehead atoms. The second-order valence-corrected chi connectivity index (χ2v) is 7.30. The van der Waals surface area contributed by atoms with Crippen molar-refractivity contribution in [1.82, 2.24) is 10.3 Å². The summed E-state index contributed by atoms with van der Waals surface area (Å²) >= 11 is 1.58. The number of aromatic nitrogens is 1. The Bertz CT molecular complexity index is 734. The van der Waals surface area contributed by atoms with E-state index in [1.807, 2.05) is 57.5 Å². The molecule has 1 N–H and O–H groups in total. The average Bonchev–Trinajstić information content (AvgIpc) is 2.92. The molecule has 2 aromatic rings. The van der Waals surface area contributed by atoms with Gasteiger partial charge in [-0.25, -0.2) is 9.78 Å². The minimum Gasteiger partial charge on any atom is -0.449 e. The van der Waals surface area contributed by atoms with Crippen molar-refractivity contribution in [3.05, 3.63) is 58.1 Å². The highest BCUT2D eigenvalue weighted by atomic mass is 32.1. The number of hydrogen-bond acceptors (Lipinski definition) is 4. The number of rotatable bonds is 6. The highest BCUT2D eigenvalue weighted by Crippen LogP contribution is 2.23. The van der Waals surface area contributed by atoms with Crippen molar-refractivity contribution in [2.24, 2.45) is 0 Å². The molecule has 2 rings (SSSR count). The van der Waals surface area contributed by atoms with Crippen LogP contribution in [-0.2, 0) is 16.7 Å². The molecule has 0 saturated carbocycles. The number of aryl methyl sites for hydroxylation is 1. The van der Waals surface area contributed by atoms with Gasteiger partial charge in [-0.1, -0.05) is 30.4 Å². The first-order chi connectivity index (χ1) is 11.3. The summed E-state index contributed by atoms with van der Waals surface area (Å²) in [6.45, 7) is 12.2. The number of hydrogen-bond donors (Lipinski definition) is 1. The first kappa shape index (κ1) is 18.2. The van der Waals surface area contributed by atoms with Crippen LogP contribution in [0.25, 0.3) is 5.57 Å². The van der Waals surface area contributed by atoms with Gasteiger partial charge in [-0.3, -0.25) is 0 Å². The number of alkyl carbamates (subject to hydrolysis) is 1. The number of nitrogens with one attached hydrogen (secondary N) is 1. The number of thiazole rings is 1. The minimum absolute atomic E-state index is 0.344. The van der Waals surface area contributed by atoms with E-state index in [4.69, 9.17) is 4.74 Å². The Morgan fingerprint density at radius 1 is 1.42 bits per heavy atom. The monoisotopic (exact) mass is 344 g/mol. The van der Waals surface area contributed by atoms with Crippen molar-refractivity contribution < 1.29 is 9.53 Å². The number of nitrogens with zero attached hydrogens (tertiary/aromatic N) is 1. The van der Waals surface area contributed by atoms with Crippen molar-refractivity contribution >= 4 is 23.0 Å². The van der Waals surface area contributed by atoms with Crippen LogP contribution in [0.3, 0.4) is 0 Å². The summed E-state index contributed by atoms with van der Waals surface area (Å²) in [5.41, 5.74) is 5.36. The number of ether oxygens (including phenoxy) is 1. The second-order valence-electron chi connectivity index (χ2n) is 6.36. The highest BCUT2D eigenvalue weighted by Gasteiger charge is 2.24. The van der Waals surface area contributed by atoms with E-state index in [1.165, 1.54) is 0 Å². The number of carbonyl (C=O) groups excluding carboxylic acids is 1. The Labute approximate surface area is 147 Å². The van der Waals surface area contributed by atoms with Crippen molar-refractivity contribution in [3.63, 3.8) is 0 Å². The normalized spacial score (nSPS) is 11.2. The van der Waals surface area contributed by atoms with E-state index < -0.39 is 11.6 Å². The maximum absolute atomic E-state index is 12.1. The summed E-state index contributed by atoms with van der Waals surface area (Å²) in [4.78, 5) is 17.4. The molecule has 0 spiro atoms. The third kappa shape index (κ3) is 4.68. The molecule has 1 aromatic heterocycles. The summed E-state index contributed by atoms with van der Waals surface area (Å²) in [6.07, 6.45) is 0.276. The van der Waals surface area contributed by atoms with E-state index in [2.05, 4.69) is 16.9 Å². The molecular formula is C19H24N2O2S. The van der Waals surface area contributed by atoms with Crippen molar-refractivity contribution in [2.45, 2.75) is 39.7 Å². The van der Waals surface area contributed by atoms with Gasteiger partial charge in [0.1, 0.15) is 0 Å². The fourth-order valence-electron chi connectivity index (χ4n) is 2.34. The molecule has 1 heterocycles. The fourth-order valence-corrected chi connectivity index (χ4v) is 3.10. The van der Waals surface area contributed by atoms with Crippen LogP contribution in [0.1, 0.15) is 42.5 Å². The SMILES string of the molecule is C=C(C)c1cccc(C(C)(C)NC(=O)OCCc2scnc2C)c1. The number of allylic oxidation sites excluding steroid dienone is 1. The van der Waals surface area contributed by atoms with Crippen molar-refractivity contribution in [3.8, 4) is 0 Å². The van der Waals surface area contributed by atoms with Gasteiger partial charge in [-0.15, -0.1) is 11.3 Å². The largest absolute Gasteiger partial charge is 0.449 e. The van der Waals surface area contributed by atoms with Gasteiger partial charge in [0.15, 0.2) is 0 Å². The lowest BCUT2D eigenvalue weighted by Gasteiger charge is -2.27. The Hall–Kier alpha value is -2.14. The quantitative estimate of drug-likeness (QED) is 0.827. The van der Waals surface area contributed by atoms with E-state index in [0.717, 1.165) is 27.3 Å². The molecule has 0 unspecified atom stereocenters. The molecule has 0 aliphatic heterocycles. The molecule has 5 heteroatoms. The van der Waals surface area contributed by atoms with Gasteiger partial charge in [-0.2, -0.15) is 0 Å². The van der Waals surface area contributed by atoms with E-state index in [1.54, 1.807) is 11.3 Å². The standard InChI is InChI=1S/C19H24N2O2S/c1-13(2)15-7-6-8-16(11-15)19(4,5)21-18(22)23-10-9-17-14(3)20-12-24-17/h6-8,11-12H,1,9-10H2,2-5H3,(H,21,22). The maximum Gasteiger partial charge on any atom is 0.407 e. The zero-order valence-electron chi connectivity index (χ0n) is 14.7. The molecule has 1 amide bonds. The van der Waals surface area contributed by atoms with Gasteiger partial charge in [0.2, 0.25) is 0 Å². The molecule has 128 valence electrons. The zero-order chi connectivity index (χ0) is 17.7. The van der Waals surface area contributed by atoms with E-state index >= 15 is 0 Å². The molecule has 1 aromatic carbocycles. The second kappa shape index (κ2) is 7.62. The first-order valence-electron chi connectivity index (χ1n) is 7.90. The topological polar surface area (TPSA) is 51.2 Å². The number of carbonyl (C=O) groups is 1. The van der Waals surface area contributed by atoms with Crippen LogP contribution in [0.4, 0.5) is 4.79 Å². The molecular weight excluding hydrogens is 320 g/mol. The zero-order valence-corrected chi connectivity index (χ0v) is 15.5. The molecule has 0 atom stereocenters. The Kier molecular flexibility index (Phi) is 5.78. The van der Waals surface area contributed by atoms with E-state index in [9.17, 15) is 4.79 Å². The maximum atomic E-state index is 12.1. The molecule has 0 fully saturated rings. The van der Waals surface area contributed by atoms with Gasteiger partial charge in [0, 0.05) is 11.3 Å². The summed E-state index contributed by atoms with van der Waals surface area (Å²) in [5.74, 6) is 0. The summed E-state index contributed by atoms with van der Waals surface area (Å²) in [7, 11) is 0. The third-order valence-electron chi connectivity index (χ3n) is 3.90. The molecule has 4 nitrogen and oxygen atoms in total. The van der Waals surface area contributed by atoms with Crippen LogP contribution in [-0.4, -0.2) is 17.7 Å². The van der Waals surface area contributed by atoms with Crippen LogP contribution >= 0.6 is 11.3 Å². The van der Waals surface area contributed by atoms with Gasteiger partial charge < -0.3 is 10.1 Å². The third-order valence-corrected chi connectivity index (χ3v) is 4.89. The van der Waals surface area contributed by atoms with Gasteiger partial charge in [0.05, 0.1) is 23.4 Å². The van der Waals surface area contributed by atoms with Crippen LogP contribution in [0.15, 0.2) is 36.4 Å². The Morgan fingerprint density at radius 2 is 2.17 bits per heavy atom.